The van der Waals surface area contributed by atoms with Gasteiger partial charge in [0.1, 0.15) is 0 Å². The van der Waals surface area contributed by atoms with Crippen LogP contribution in [0.15, 0.2) is 0 Å². The molecule has 0 aromatic carbocycles. The molecule has 0 aliphatic carbocycles. The maximum atomic E-state index is 5.83. The molecule has 0 atom stereocenters. The van der Waals surface area contributed by atoms with Crippen LogP contribution >= 0.6 is 37.7 Å². The molecule has 0 amide bonds. The Morgan fingerprint density at radius 2 is 0.545 bits per heavy atom. The molecule has 0 rings (SSSR count). The Kier molecular flexibility index (Phi) is 0.580. The van der Waals surface area contributed by atoms with Gasteiger partial charge in [0.15, 0.2) is 0 Å². The third-order valence-electron chi connectivity index (χ3n) is 0. The molecule has 0 radical (unpaired) electrons. The normalized spacial score (nSPS) is 38.5. The van der Waals surface area contributed by atoms with Crippen LogP contribution in [0.25, 0.3) is 0 Å². The van der Waals surface area contributed by atoms with E-state index in [9.17, 15) is 0 Å². The number of rotatable bonds is 0. The Labute approximate surface area is 68.1 Å². The Bertz CT molecular complexity index is 1020. The van der Waals surface area contributed by atoms with E-state index in [2.05, 4.69) is 29.4 Å². The second kappa shape index (κ2) is 0.529. The molecule has 0 spiro atoms. The van der Waals surface area contributed by atoms with Crippen LogP contribution in [-0.4, -0.2) is 29.4 Å². The fourth-order valence-corrected chi connectivity index (χ4v) is 0. The minimum atomic E-state index is -7.87. The van der Waals surface area contributed by atoms with Crippen molar-refractivity contribution in [2.24, 2.45) is 0 Å². The second-order valence-corrected chi connectivity index (χ2v) is 89.2. The molecule has 74 valence electrons. The molecule has 0 N–H and O–H groups in total. The van der Waals surface area contributed by atoms with Crippen LogP contribution in [-0.2, 0) is 1.63 Å². The van der Waals surface area contributed by atoms with Crippen molar-refractivity contribution in [3.63, 3.8) is 0 Å². The summed E-state index contributed by atoms with van der Waals surface area (Å²) < 4.78 is -7.87. The van der Waals surface area contributed by atoms with Crippen LogP contribution in [0.4, 0.5) is 0 Å². The zero-order valence-electron chi connectivity index (χ0n) is 6.07. The fourth-order valence-electron chi connectivity index (χ4n) is 0. The van der Waals surface area contributed by atoms with Crippen LogP contribution in [0.2, 0.25) is 0 Å². The van der Waals surface area contributed by atoms with Crippen molar-refractivity contribution in [3.05, 3.63) is 0 Å². The number of halogens is 4. The first kappa shape index (κ1) is 12.1. The third kappa shape index (κ3) is 798. The Morgan fingerprint density at radius 1 is 0.545 bits per heavy atom. The van der Waals surface area contributed by atoms with E-state index in [1.165, 1.54) is 0 Å². The average Bonchev–Trinajstić information content (AvgIpc) is 0.439. The van der Waals surface area contributed by atoms with Gasteiger partial charge in [-0.05, 0) is 0 Å². The van der Waals surface area contributed by atoms with E-state index < -0.39 is 1.63 Å². The molecule has 11 heavy (non-hydrogen) atoms. The van der Waals surface area contributed by atoms with Gasteiger partial charge in [0.05, 0.1) is 0 Å². The number of hydrogen-bond donors (Lipinski definition) is 0. The van der Waals surface area contributed by atoms with Gasteiger partial charge in [0, 0.05) is 0 Å². The monoisotopic (exact) mass is 419 g/mol. The molecule has 0 nitrogen and oxygen atoms in total. The standard InChI is InChI=1S/6CH2.4ClH.Pt/h6*1H2;4*1H;/q;;;;;;;;;;+4/p-4. The van der Waals surface area contributed by atoms with Crippen molar-refractivity contribution in [3.8, 4) is 0 Å². The van der Waals surface area contributed by atoms with Gasteiger partial charge in [-0.3, -0.25) is 0 Å². The summed E-state index contributed by atoms with van der Waals surface area (Å²) in [6.45, 7) is 0. The zero-order chi connectivity index (χ0) is 10.3. The summed E-state index contributed by atoms with van der Waals surface area (Å²) >= 11 is 0. The Balaban J connectivity index is 10.5. The van der Waals surface area contributed by atoms with Crippen molar-refractivity contribution >= 4 is 67.1 Å². The molecule has 0 aliphatic rings. The first-order chi connectivity index (χ1) is 3.16. The Hall–Kier alpha value is 1.07. The van der Waals surface area contributed by atoms with Gasteiger partial charge >= 0.3 is 68.7 Å². The first-order valence-electron chi connectivity index (χ1n) is 1.82. The topological polar surface area (TPSA) is 0 Å². The van der Waals surface area contributed by atoms with Crippen LogP contribution < -0.4 is 0 Å². The molecule has 0 bridgehead atoms. The molecule has 0 saturated heterocycles. The van der Waals surface area contributed by atoms with Crippen molar-refractivity contribution in [2.75, 3.05) is 0 Å². The molecule has 0 aromatic rings. The van der Waals surface area contributed by atoms with Gasteiger partial charge in [-0.25, -0.2) is 0 Å². The van der Waals surface area contributed by atoms with E-state index in [4.69, 9.17) is 37.7 Å². The maximum absolute atomic E-state index is 7.87. The minimum absolute atomic E-state index is 3.20. The van der Waals surface area contributed by atoms with Gasteiger partial charge in [0.2, 0.25) is 0 Å². The van der Waals surface area contributed by atoms with Gasteiger partial charge in [-0.2, -0.15) is 0 Å². The Morgan fingerprint density at radius 3 is 0.545 bits per heavy atom. The summed E-state index contributed by atoms with van der Waals surface area (Å²) in [5.41, 5.74) is 0. The zero-order valence-corrected chi connectivity index (χ0v) is 11.4. The van der Waals surface area contributed by atoms with Crippen molar-refractivity contribution in [1.82, 2.24) is 0 Å². The quantitative estimate of drug-likeness (QED) is 0.565. The number of hydrogen-bond acceptors (Lipinski definition) is 0. The summed E-state index contributed by atoms with van der Waals surface area (Å²) in [6.07, 6.45) is 0. The molecular weight excluding hydrogens is 409 g/mol. The molecule has 0 heterocycles. The molecule has 0 aromatic heterocycles. The molecule has 0 unspecified atom stereocenters. The summed E-state index contributed by atoms with van der Waals surface area (Å²) in [6, 6.07) is 0. The molecule has 0 fully saturated rings. The van der Waals surface area contributed by atoms with E-state index in [0.717, 1.165) is 0 Å². The predicted octanol–water partition coefficient (Wildman–Crippen LogP) is 2.56. The van der Waals surface area contributed by atoms with Gasteiger partial charge < -0.3 is 0 Å². The van der Waals surface area contributed by atoms with Gasteiger partial charge in [-0.15, -0.1) is 0 Å². The summed E-state index contributed by atoms with van der Waals surface area (Å²) in [4.78, 5) is 19.2. The van der Waals surface area contributed by atoms with E-state index in [-0.39, 0.29) is 0 Å². The molecular formula is C6H12Cl4Pt. The summed E-state index contributed by atoms with van der Waals surface area (Å²) in [5, 5.41) is 0. The fraction of sp³-hybridized carbons (Fsp3) is 0. The third-order valence-corrected chi connectivity index (χ3v) is 0. The van der Waals surface area contributed by atoms with E-state index >= 15 is 0 Å². The van der Waals surface area contributed by atoms with Crippen molar-refractivity contribution in [2.45, 2.75) is 0 Å². The molecule has 0 saturated carbocycles. The SMILES string of the molecule is [CH2]=[Pt](=[CH2])(=[CH2])(=[CH2])(=[CH2])(=[CH2])([Cl])([Cl])([Cl])[Cl]. The summed E-state index contributed by atoms with van der Waals surface area (Å²) in [7, 11) is 23.3. The van der Waals surface area contributed by atoms with Crippen molar-refractivity contribution < 1.29 is 1.63 Å². The first-order valence-corrected chi connectivity index (χ1v) is 22.7. The van der Waals surface area contributed by atoms with Crippen LogP contribution in [0.3, 0.4) is 0 Å². The van der Waals surface area contributed by atoms with E-state index in [0.29, 0.717) is 0 Å². The van der Waals surface area contributed by atoms with E-state index in [1.54, 1.807) is 0 Å². The summed E-state index contributed by atoms with van der Waals surface area (Å²) in [5.74, 6) is 0. The van der Waals surface area contributed by atoms with Crippen LogP contribution in [0.5, 0.6) is 0 Å². The predicted molar refractivity (Wildman–Crippen MR) is 66.1 cm³/mol. The van der Waals surface area contributed by atoms with Crippen LogP contribution in [0, 0.1) is 0 Å². The second-order valence-electron chi connectivity index (χ2n) is 4.67. The molecule has 0 aliphatic heterocycles. The van der Waals surface area contributed by atoms with Crippen LogP contribution in [0.1, 0.15) is 0 Å². The van der Waals surface area contributed by atoms with E-state index in [1.807, 2.05) is 0 Å². The molecule has 5 heteroatoms. The van der Waals surface area contributed by atoms with Gasteiger partial charge in [-0.1, -0.05) is 0 Å². The average molecular weight is 421 g/mol. The van der Waals surface area contributed by atoms with Crippen molar-refractivity contribution in [1.29, 1.82) is 0 Å². The van der Waals surface area contributed by atoms with Gasteiger partial charge in [0.25, 0.3) is 0 Å².